The molecule has 20 heavy (non-hydrogen) atoms. The Morgan fingerprint density at radius 3 is 2.55 bits per heavy atom. The Kier molecular flexibility index (Phi) is 3.65. The molecule has 6 heteroatoms. The average molecular weight is 274 g/mol. The first-order valence-electron chi connectivity index (χ1n) is 5.67. The van der Waals surface area contributed by atoms with Gasteiger partial charge in [0.1, 0.15) is 5.82 Å². The van der Waals surface area contributed by atoms with Crippen molar-refractivity contribution in [3.63, 3.8) is 0 Å². The van der Waals surface area contributed by atoms with Gasteiger partial charge in [0.05, 0.1) is 16.8 Å². The summed E-state index contributed by atoms with van der Waals surface area (Å²) in [6.45, 7) is 0. The van der Waals surface area contributed by atoms with Gasteiger partial charge in [0.25, 0.3) is 5.91 Å². The summed E-state index contributed by atoms with van der Waals surface area (Å²) in [6.07, 6.45) is 0. The van der Waals surface area contributed by atoms with Crippen LogP contribution in [-0.2, 0) is 0 Å². The number of amides is 1. The molecule has 0 spiro atoms. The highest BCUT2D eigenvalue weighted by Crippen LogP contribution is 2.18. The standard InChI is InChI=1S/C14H11FN2O3/c15-11-6-2-5-10(12(11)16)13(18)17-9-4-1-3-8(7-9)14(19)20/h1-7H,16H2,(H,17,18)(H,19,20). The first-order valence-corrected chi connectivity index (χ1v) is 5.67. The molecule has 0 aliphatic rings. The monoisotopic (exact) mass is 274 g/mol. The largest absolute Gasteiger partial charge is 0.478 e. The zero-order valence-corrected chi connectivity index (χ0v) is 10.3. The third-order valence-corrected chi connectivity index (χ3v) is 2.66. The second kappa shape index (κ2) is 5.40. The zero-order chi connectivity index (χ0) is 14.7. The van der Waals surface area contributed by atoms with E-state index in [1.165, 1.54) is 36.4 Å². The van der Waals surface area contributed by atoms with Gasteiger partial charge in [-0.3, -0.25) is 4.79 Å². The fraction of sp³-hybridized carbons (Fsp3) is 0. The molecule has 5 nitrogen and oxygen atoms in total. The van der Waals surface area contributed by atoms with Crippen LogP contribution >= 0.6 is 0 Å². The Hall–Kier alpha value is -2.89. The molecule has 0 aliphatic heterocycles. The van der Waals surface area contributed by atoms with Gasteiger partial charge in [0.2, 0.25) is 0 Å². The van der Waals surface area contributed by atoms with E-state index in [0.717, 1.165) is 6.07 Å². The summed E-state index contributed by atoms with van der Waals surface area (Å²) in [4.78, 5) is 22.8. The number of nitrogens with one attached hydrogen (secondary N) is 1. The van der Waals surface area contributed by atoms with Crippen molar-refractivity contribution in [1.82, 2.24) is 0 Å². The van der Waals surface area contributed by atoms with Crippen LogP contribution in [0.3, 0.4) is 0 Å². The number of para-hydroxylation sites is 1. The molecule has 0 atom stereocenters. The van der Waals surface area contributed by atoms with Gasteiger partial charge in [-0.1, -0.05) is 12.1 Å². The Bertz CT molecular complexity index is 686. The lowest BCUT2D eigenvalue weighted by atomic mass is 10.1. The van der Waals surface area contributed by atoms with Crippen molar-refractivity contribution < 1.29 is 19.1 Å². The number of carbonyl (C=O) groups excluding carboxylic acids is 1. The smallest absolute Gasteiger partial charge is 0.335 e. The number of carboxylic acid groups (broad SMARTS) is 1. The molecular weight excluding hydrogens is 263 g/mol. The van der Waals surface area contributed by atoms with Crippen LogP contribution in [0.15, 0.2) is 42.5 Å². The Morgan fingerprint density at radius 1 is 1.15 bits per heavy atom. The second-order valence-corrected chi connectivity index (χ2v) is 4.04. The molecule has 0 unspecified atom stereocenters. The molecular formula is C14H11FN2O3. The average Bonchev–Trinajstić information content (AvgIpc) is 2.42. The minimum atomic E-state index is -1.11. The van der Waals surface area contributed by atoms with E-state index in [-0.39, 0.29) is 16.8 Å². The fourth-order valence-electron chi connectivity index (χ4n) is 1.66. The number of hydrogen-bond acceptors (Lipinski definition) is 3. The van der Waals surface area contributed by atoms with Gasteiger partial charge in [-0.2, -0.15) is 0 Å². The summed E-state index contributed by atoms with van der Waals surface area (Å²) in [5.41, 5.74) is 5.55. The van der Waals surface area contributed by atoms with E-state index in [0.29, 0.717) is 5.69 Å². The summed E-state index contributed by atoms with van der Waals surface area (Å²) in [7, 11) is 0. The topological polar surface area (TPSA) is 92.4 Å². The minimum Gasteiger partial charge on any atom is -0.478 e. The van der Waals surface area contributed by atoms with Gasteiger partial charge >= 0.3 is 5.97 Å². The van der Waals surface area contributed by atoms with Gasteiger partial charge in [-0.15, -0.1) is 0 Å². The maximum atomic E-state index is 13.3. The van der Waals surface area contributed by atoms with Crippen LogP contribution in [-0.4, -0.2) is 17.0 Å². The molecule has 0 aliphatic carbocycles. The number of nitrogen functional groups attached to an aromatic ring is 1. The van der Waals surface area contributed by atoms with Crippen LogP contribution in [0.2, 0.25) is 0 Å². The normalized spacial score (nSPS) is 10.1. The van der Waals surface area contributed by atoms with E-state index < -0.39 is 17.7 Å². The van der Waals surface area contributed by atoms with Gasteiger partial charge in [-0.05, 0) is 30.3 Å². The number of carbonyl (C=O) groups is 2. The Labute approximate surface area is 113 Å². The van der Waals surface area contributed by atoms with Gasteiger partial charge in [-0.25, -0.2) is 9.18 Å². The molecule has 0 fully saturated rings. The predicted molar refractivity (Wildman–Crippen MR) is 72.2 cm³/mol. The molecule has 0 aromatic heterocycles. The van der Waals surface area contributed by atoms with Gasteiger partial charge in [0, 0.05) is 5.69 Å². The summed E-state index contributed by atoms with van der Waals surface area (Å²) in [5.74, 6) is -2.40. The molecule has 102 valence electrons. The summed E-state index contributed by atoms with van der Waals surface area (Å²) >= 11 is 0. The zero-order valence-electron chi connectivity index (χ0n) is 10.3. The molecule has 0 radical (unpaired) electrons. The summed E-state index contributed by atoms with van der Waals surface area (Å²) in [6, 6.07) is 9.62. The fourth-order valence-corrected chi connectivity index (χ4v) is 1.66. The summed E-state index contributed by atoms with van der Waals surface area (Å²) in [5, 5.41) is 11.3. The molecule has 0 saturated carbocycles. The second-order valence-electron chi connectivity index (χ2n) is 4.04. The molecule has 1 amide bonds. The molecule has 0 bridgehead atoms. The summed E-state index contributed by atoms with van der Waals surface area (Å²) < 4.78 is 13.3. The van der Waals surface area contributed by atoms with Crippen LogP contribution in [0.4, 0.5) is 15.8 Å². The Morgan fingerprint density at radius 2 is 1.85 bits per heavy atom. The highest BCUT2D eigenvalue weighted by atomic mass is 19.1. The lowest BCUT2D eigenvalue weighted by Gasteiger charge is -2.08. The lowest BCUT2D eigenvalue weighted by Crippen LogP contribution is -2.15. The third kappa shape index (κ3) is 2.74. The van der Waals surface area contributed by atoms with E-state index in [9.17, 15) is 14.0 Å². The molecule has 0 saturated heterocycles. The maximum absolute atomic E-state index is 13.3. The Balaban J connectivity index is 2.26. The lowest BCUT2D eigenvalue weighted by molar-refractivity contribution is 0.0696. The maximum Gasteiger partial charge on any atom is 0.335 e. The molecule has 4 N–H and O–H groups in total. The number of rotatable bonds is 3. The SMILES string of the molecule is Nc1c(F)cccc1C(=O)Nc1cccc(C(=O)O)c1. The number of aromatic carboxylic acids is 1. The van der Waals surface area contributed by atoms with Crippen LogP contribution in [0.25, 0.3) is 0 Å². The van der Waals surface area contributed by atoms with Crippen molar-refractivity contribution in [1.29, 1.82) is 0 Å². The van der Waals surface area contributed by atoms with Crippen molar-refractivity contribution in [3.8, 4) is 0 Å². The number of nitrogens with two attached hydrogens (primary N) is 1. The van der Waals surface area contributed by atoms with Crippen molar-refractivity contribution in [2.45, 2.75) is 0 Å². The number of anilines is 2. The highest BCUT2D eigenvalue weighted by molar-refractivity contribution is 6.08. The van der Waals surface area contributed by atoms with Crippen LogP contribution in [0, 0.1) is 5.82 Å². The van der Waals surface area contributed by atoms with Crippen molar-refractivity contribution in [3.05, 3.63) is 59.4 Å². The van der Waals surface area contributed by atoms with Gasteiger partial charge in [0.15, 0.2) is 0 Å². The van der Waals surface area contributed by atoms with Gasteiger partial charge < -0.3 is 16.2 Å². The number of benzene rings is 2. The van der Waals surface area contributed by atoms with E-state index in [4.69, 9.17) is 10.8 Å². The predicted octanol–water partition coefficient (Wildman–Crippen LogP) is 2.36. The number of halogens is 1. The van der Waals surface area contributed by atoms with Crippen LogP contribution in [0.1, 0.15) is 20.7 Å². The number of carboxylic acids is 1. The first-order chi connectivity index (χ1) is 9.49. The van der Waals surface area contributed by atoms with Crippen molar-refractivity contribution in [2.75, 3.05) is 11.1 Å². The third-order valence-electron chi connectivity index (χ3n) is 2.66. The van der Waals surface area contributed by atoms with Crippen LogP contribution in [0.5, 0.6) is 0 Å². The van der Waals surface area contributed by atoms with E-state index in [1.807, 2.05) is 0 Å². The first kappa shape index (κ1) is 13.5. The molecule has 2 rings (SSSR count). The highest BCUT2D eigenvalue weighted by Gasteiger charge is 2.13. The number of hydrogen-bond donors (Lipinski definition) is 3. The molecule has 2 aromatic rings. The van der Waals surface area contributed by atoms with E-state index in [2.05, 4.69) is 5.32 Å². The van der Waals surface area contributed by atoms with E-state index in [1.54, 1.807) is 0 Å². The van der Waals surface area contributed by atoms with Crippen molar-refractivity contribution in [2.24, 2.45) is 0 Å². The molecule has 0 heterocycles. The van der Waals surface area contributed by atoms with Crippen LogP contribution < -0.4 is 11.1 Å². The van der Waals surface area contributed by atoms with E-state index >= 15 is 0 Å². The van der Waals surface area contributed by atoms with Crippen molar-refractivity contribution >= 4 is 23.3 Å². The molecule has 2 aromatic carbocycles. The quantitative estimate of drug-likeness (QED) is 0.749. The minimum absolute atomic E-state index is 0.00859.